The lowest BCUT2D eigenvalue weighted by Crippen LogP contribution is -2.50. The fraction of sp³-hybridized carbons (Fsp3) is 0.355. The number of rotatable bonds is 14. The van der Waals surface area contributed by atoms with Gasteiger partial charge in [0.15, 0.2) is 0 Å². The van der Waals surface area contributed by atoms with Gasteiger partial charge in [-0.1, -0.05) is 72.3 Å². The van der Waals surface area contributed by atoms with E-state index < -0.39 is 16.1 Å². The molecule has 0 bridgehead atoms. The fourth-order valence-corrected chi connectivity index (χ4v) is 5.64. The number of hydrogen-bond acceptors (Lipinski definition) is 5. The van der Waals surface area contributed by atoms with Gasteiger partial charge in [-0.2, -0.15) is 0 Å². The maximum Gasteiger partial charge on any atom is 0.243 e. The van der Waals surface area contributed by atoms with Crippen LogP contribution in [-0.2, 0) is 32.6 Å². The van der Waals surface area contributed by atoms with E-state index in [0.29, 0.717) is 24.4 Å². The number of nitrogens with zero attached hydrogens (tertiary/aromatic N) is 2. The standard InChI is InChI=1S/C31H39N3O5S/c1-5-32-31(36)28(22-25-14-7-6-8-15-25)33(23-26-16-11-13-24(2)21-26)30(35)19-12-20-34(40(4,37)38)27-17-9-10-18-29(27)39-3/h6-11,13-18,21,28H,5,12,19-20,22-23H2,1-4H3,(H,32,36)/t28-/m1/s1. The van der Waals surface area contributed by atoms with E-state index >= 15 is 0 Å². The third kappa shape index (κ3) is 8.58. The summed E-state index contributed by atoms with van der Waals surface area (Å²) in [6.07, 6.45) is 1.83. The molecule has 3 aromatic rings. The molecule has 0 aliphatic heterocycles. The Morgan fingerprint density at radius 1 is 0.950 bits per heavy atom. The van der Waals surface area contributed by atoms with Crippen LogP contribution in [0.3, 0.4) is 0 Å². The van der Waals surface area contributed by atoms with Crippen LogP contribution in [0.2, 0.25) is 0 Å². The highest BCUT2D eigenvalue weighted by Crippen LogP contribution is 2.30. The second-order valence-corrected chi connectivity index (χ2v) is 11.6. The van der Waals surface area contributed by atoms with Crippen molar-refractivity contribution in [2.24, 2.45) is 0 Å². The van der Waals surface area contributed by atoms with Gasteiger partial charge in [-0.25, -0.2) is 8.42 Å². The summed E-state index contributed by atoms with van der Waals surface area (Å²) in [7, 11) is -2.15. The van der Waals surface area contributed by atoms with Gasteiger partial charge in [-0.05, 0) is 43.5 Å². The number of methoxy groups -OCH3 is 1. The second-order valence-electron chi connectivity index (χ2n) is 9.72. The Labute approximate surface area is 238 Å². The molecule has 8 nitrogen and oxygen atoms in total. The summed E-state index contributed by atoms with van der Waals surface area (Å²) in [6.45, 7) is 4.63. The molecule has 0 radical (unpaired) electrons. The normalized spacial score (nSPS) is 11.9. The Hall–Kier alpha value is -3.85. The van der Waals surface area contributed by atoms with Crippen molar-refractivity contribution in [2.75, 3.05) is 30.8 Å². The maximum atomic E-state index is 13.8. The number of carbonyl (C=O) groups excluding carboxylic acids is 2. The lowest BCUT2D eigenvalue weighted by Gasteiger charge is -2.32. The van der Waals surface area contributed by atoms with Crippen LogP contribution in [0.5, 0.6) is 5.75 Å². The highest BCUT2D eigenvalue weighted by Gasteiger charge is 2.30. The lowest BCUT2D eigenvalue weighted by atomic mass is 10.0. The Morgan fingerprint density at radius 2 is 1.62 bits per heavy atom. The van der Waals surface area contributed by atoms with Crippen LogP contribution >= 0.6 is 0 Å². The molecular formula is C31H39N3O5S. The monoisotopic (exact) mass is 565 g/mol. The lowest BCUT2D eigenvalue weighted by molar-refractivity contribution is -0.141. The number of para-hydroxylation sites is 2. The predicted molar refractivity (Wildman–Crippen MR) is 159 cm³/mol. The van der Waals surface area contributed by atoms with E-state index in [4.69, 9.17) is 4.74 Å². The number of sulfonamides is 1. The van der Waals surface area contributed by atoms with Gasteiger partial charge < -0.3 is 15.0 Å². The van der Waals surface area contributed by atoms with Crippen LogP contribution in [0, 0.1) is 6.92 Å². The number of aryl methyl sites for hydroxylation is 1. The van der Waals surface area contributed by atoms with Gasteiger partial charge in [0.2, 0.25) is 21.8 Å². The minimum atomic E-state index is -3.64. The Balaban J connectivity index is 1.88. The van der Waals surface area contributed by atoms with Gasteiger partial charge in [0, 0.05) is 32.5 Å². The van der Waals surface area contributed by atoms with E-state index in [9.17, 15) is 18.0 Å². The third-order valence-electron chi connectivity index (χ3n) is 6.56. The molecule has 0 fully saturated rings. The van der Waals surface area contributed by atoms with Gasteiger partial charge in [0.25, 0.3) is 0 Å². The van der Waals surface area contributed by atoms with Crippen molar-refractivity contribution >= 4 is 27.5 Å². The molecule has 1 N–H and O–H groups in total. The average molecular weight is 566 g/mol. The van der Waals surface area contributed by atoms with E-state index in [2.05, 4.69) is 5.32 Å². The van der Waals surface area contributed by atoms with E-state index in [1.54, 1.807) is 29.2 Å². The molecule has 1 atom stereocenters. The average Bonchev–Trinajstić information content (AvgIpc) is 2.93. The van der Waals surface area contributed by atoms with Crippen molar-refractivity contribution < 1.29 is 22.7 Å². The molecule has 2 amide bonds. The first-order chi connectivity index (χ1) is 19.1. The molecule has 0 aliphatic rings. The van der Waals surface area contributed by atoms with Crippen molar-refractivity contribution in [3.05, 3.63) is 95.6 Å². The van der Waals surface area contributed by atoms with Crippen molar-refractivity contribution in [3.8, 4) is 5.75 Å². The van der Waals surface area contributed by atoms with Gasteiger partial charge in [-0.15, -0.1) is 0 Å². The minimum absolute atomic E-state index is 0.0671. The second kappa shape index (κ2) is 14.5. The maximum absolute atomic E-state index is 13.8. The van der Waals surface area contributed by atoms with Gasteiger partial charge in [-0.3, -0.25) is 13.9 Å². The molecule has 0 spiro atoms. The molecular weight excluding hydrogens is 526 g/mol. The van der Waals surface area contributed by atoms with Gasteiger partial charge >= 0.3 is 0 Å². The summed E-state index contributed by atoms with van der Waals surface area (Å²) in [5.74, 6) is -0.0132. The summed E-state index contributed by atoms with van der Waals surface area (Å²) >= 11 is 0. The van der Waals surface area contributed by atoms with Crippen LogP contribution in [0.15, 0.2) is 78.9 Å². The first kappa shape index (κ1) is 30.7. The predicted octanol–water partition coefficient (Wildman–Crippen LogP) is 4.33. The summed E-state index contributed by atoms with van der Waals surface area (Å²) < 4.78 is 32.0. The van der Waals surface area contributed by atoms with Crippen LogP contribution < -0.4 is 14.4 Å². The van der Waals surface area contributed by atoms with Crippen LogP contribution in [-0.4, -0.2) is 57.6 Å². The zero-order chi connectivity index (χ0) is 29.1. The van der Waals surface area contributed by atoms with Crippen LogP contribution in [0.1, 0.15) is 36.5 Å². The summed E-state index contributed by atoms with van der Waals surface area (Å²) in [5.41, 5.74) is 3.34. The Bertz CT molecular complexity index is 1380. The molecule has 40 heavy (non-hydrogen) atoms. The first-order valence-electron chi connectivity index (χ1n) is 13.4. The smallest absolute Gasteiger partial charge is 0.243 e. The number of ether oxygens (including phenoxy) is 1. The van der Waals surface area contributed by atoms with Gasteiger partial charge in [0.05, 0.1) is 19.1 Å². The molecule has 0 saturated carbocycles. The number of anilines is 1. The van der Waals surface area contributed by atoms with Crippen LogP contribution in [0.25, 0.3) is 0 Å². The van der Waals surface area contributed by atoms with Crippen molar-refractivity contribution in [1.82, 2.24) is 10.2 Å². The number of carbonyl (C=O) groups is 2. The molecule has 0 saturated heterocycles. The Morgan fingerprint density at radius 3 is 2.27 bits per heavy atom. The zero-order valence-electron chi connectivity index (χ0n) is 23.7. The van der Waals surface area contributed by atoms with Crippen molar-refractivity contribution in [1.29, 1.82) is 0 Å². The van der Waals surface area contributed by atoms with Crippen molar-refractivity contribution in [2.45, 2.75) is 45.7 Å². The SMILES string of the molecule is CCNC(=O)[C@@H](Cc1ccccc1)N(Cc1cccc(C)c1)C(=O)CCCN(c1ccccc1OC)S(C)(=O)=O. The molecule has 0 heterocycles. The van der Waals surface area contributed by atoms with Crippen LogP contribution in [0.4, 0.5) is 5.69 Å². The minimum Gasteiger partial charge on any atom is -0.495 e. The Kier molecular flexibility index (Phi) is 11.1. The summed E-state index contributed by atoms with van der Waals surface area (Å²) in [6, 6.07) is 23.6. The molecule has 0 unspecified atom stereocenters. The number of benzene rings is 3. The molecule has 9 heteroatoms. The summed E-state index contributed by atoms with van der Waals surface area (Å²) in [4.78, 5) is 28.8. The number of amides is 2. The van der Waals surface area contributed by atoms with E-state index in [-0.39, 0.29) is 37.7 Å². The molecule has 3 aromatic carbocycles. The third-order valence-corrected chi connectivity index (χ3v) is 7.74. The van der Waals surface area contributed by atoms with Gasteiger partial charge in [0.1, 0.15) is 11.8 Å². The highest BCUT2D eigenvalue weighted by atomic mass is 32.2. The van der Waals surface area contributed by atoms with E-state index in [1.165, 1.54) is 11.4 Å². The van der Waals surface area contributed by atoms with E-state index in [0.717, 1.165) is 22.9 Å². The molecule has 3 rings (SSSR count). The number of hydrogen-bond donors (Lipinski definition) is 1. The topological polar surface area (TPSA) is 96.0 Å². The largest absolute Gasteiger partial charge is 0.495 e. The summed E-state index contributed by atoms with van der Waals surface area (Å²) in [5, 5.41) is 2.89. The zero-order valence-corrected chi connectivity index (χ0v) is 24.5. The fourth-order valence-electron chi connectivity index (χ4n) is 4.67. The highest BCUT2D eigenvalue weighted by molar-refractivity contribution is 7.92. The number of nitrogens with one attached hydrogen (secondary N) is 1. The molecule has 214 valence electrons. The molecule has 0 aromatic heterocycles. The van der Waals surface area contributed by atoms with E-state index in [1.807, 2.05) is 68.4 Å². The number of likely N-dealkylation sites (N-methyl/N-ethyl adjacent to an activating group) is 1. The first-order valence-corrected chi connectivity index (χ1v) is 15.3. The quantitative estimate of drug-likeness (QED) is 0.314. The van der Waals surface area contributed by atoms with Crippen molar-refractivity contribution in [3.63, 3.8) is 0 Å². The molecule has 0 aliphatic carbocycles.